The average Bonchev–Trinajstić information content (AvgIpc) is 0.774. The molecule has 14 heteroatoms. The number of methoxy groups -OCH3 is 3. The zero-order valence-corrected chi connectivity index (χ0v) is 71.9. The Hall–Kier alpha value is -14.4. The van der Waals surface area contributed by atoms with Gasteiger partial charge in [-0.25, -0.2) is 19.3 Å². The van der Waals surface area contributed by atoms with Crippen LogP contribution in [-0.4, -0.2) is 50.0 Å². The largest absolute Gasteiger partial charge is 0.493 e. The second kappa shape index (κ2) is 37.3. The molecule has 0 aliphatic heterocycles. The normalized spacial score (nSPS) is 11.5. The number of fused-ring (bicyclic) bond motifs is 3. The van der Waals surface area contributed by atoms with Crippen molar-refractivity contribution in [3.8, 4) is 69.8 Å². The van der Waals surface area contributed by atoms with Gasteiger partial charge in [-0.05, 0) is 269 Å². The van der Waals surface area contributed by atoms with Crippen molar-refractivity contribution in [2.24, 2.45) is 0 Å². The summed E-state index contributed by atoms with van der Waals surface area (Å²) < 4.78 is 34.8. The predicted molar refractivity (Wildman–Crippen MR) is 500 cm³/mol. The fourth-order valence-electron chi connectivity index (χ4n) is 13.9. The van der Waals surface area contributed by atoms with Gasteiger partial charge in [0.25, 0.3) is 16.7 Å². The van der Waals surface area contributed by atoms with Crippen LogP contribution in [0.1, 0.15) is 163 Å². The van der Waals surface area contributed by atoms with Gasteiger partial charge in [-0.2, -0.15) is 0 Å². The van der Waals surface area contributed by atoms with Gasteiger partial charge in [-0.15, -0.1) is 0 Å². The van der Waals surface area contributed by atoms with Crippen molar-refractivity contribution in [1.82, 2.24) is 28.7 Å². The van der Waals surface area contributed by atoms with Gasteiger partial charge in [0.05, 0.1) is 71.1 Å². The third kappa shape index (κ3) is 20.5. The van der Waals surface area contributed by atoms with E-state index in [4.69, 9.17) is 40.8 Å². The first-order valence-corrected chi connectivity index (χ1v) is 40.5. The van der Waals surface area contributed by atoms with Crippen LogP contribution in [0, 0.1) is 62.1 Å². The maximum absolute atomic E-state index is 13.9. The van der Waals surface area contributed by atoms with E-state index in [0.29, 0.717) is 72.5 Å². The zero-order chi connectivity index (χ0) is 86.6. The van der Waals surface area contributed by atoms with Gasteiger partial charge in [0.15, 0.2) is 11.5 Å². The molecule has 3 aromatic heterocycles. The highest BCUT2D eigenvalue weighted by atomic mass is 35.5. The summed E-state index contributed by atoms with van der Waals surface area (Å²) in [6.07, 6.45) is 11.1. The zero-order valence-electron chi connectivity index (χ0n) is 71.2. The lowest BCUT2D eigenvalue weighted by atomic mass is 9.87. The molecule has 0 radical (unpaired) electrons. The Morgan fingerprint density at radius 3 is 0.893 bits per heavy atom. The Balaban J connectivity index is 0.000000158. The van der Waals surface area contributed by atoms with Crippen LogP contribution < -0.4 is 30.9 Å². The van der Waals surface area contributed by atoms with Gasteiger partial charge >= 0.3 is 0 Å². The minimum absolute atomic E-state index is 0.0943. The fourth-order valence-corrected chi connectivity index (χ4v) is 14.0. The summed E-state index contributed by atoms with van der Waals surface area (Å²) in [6, 6.07) is 82.2. The van der Waals surface area contributed by atoms with Crippen molar-refractivity contribution in [2.75, 3.05) is 21.3 Å². The molecule has 0 fully saturated rings. The SMILES string of the molecule is COc1cc(/C=C/c2nc3ccccc3c(=O)n2-c2ccc(C#Cc3ccc(C(C)(C)C)cc3)cc2C)cc(OC)c1OC.Cc1cc(C#Cc2ccc(C(C)(C)C)cc2)ccc1-n1c(/C=C/c2ccc(Cl)cc2)nc2ccccc2c1=O.Cc1cc(C#Cc2ccc(C(C)(C)C)cc2)ccc1-n1c(/C=C/c2ccc(F)cc2)nc2ccccc2c1=O. The highest BCUT2D eigenvalue weighted by Gasteiger charge is 2.21. The second-order valence-corrected chi connectivity index (χ2v) is 33.1. The Bertz CT molecular complexity index is 6640. The molecule has 12 aromatic carbocycles. The molecule has 0 aliphatic carbocycles. The molecule has 15 aromatic rings. The summed E-state index contributed by atoms with van der Waals surface area (Å²) in [5, 5.41) is 2.33. The van der Waals surface area contributed by atoms with Gasteiger partial charge < -0.3 is 14.2 Å². The first-order chi connectivity index (χ1) is 58.5. The Morgan fingerprint density at radius 2 is 0.607 bits per heavy atom. The molecule has 606 valence electrons. The second-order valence-electron chi connectivity index (χ2n) is 32.7. The van der Waals surface area contributed by atoms with Crippen LogP contribution in [0.4, 0.5) is 4.39 Å². The van der Waals surface area contributed by atoms with E-state index in [9.17, 15) is 18.8 Å². The van der Waals surface area contributed by atoms with Crippen LogP contribution >= 0.6 is 11.6 Å². The number of hydrogen-bond acceptors (Lipinski definition) is 9. The number of para-hydroxylation sites is 3. The highest BCUT2D eigenvalue weighted by molar-refractivity contribution is 6.30. The van der Waals surface area contributed by atoms with Crippen LogP contribution in [-0.2, 0) is 16.2 Å². The molecule has 0 bridgehead atoms. The standard InChI is InChI=1S/C38H36N2O4.C35H29ClN2O.C35H29FN2O/c1-25-22-27(13-12-26-14-18-29(19-15-26)38(2,3)4)16-20-32(25)40-35(39-31-11-9-8-10-30(31)37(40)41)21-17-28-23-33(42-5)36(44-7)34(24-28)43-6;2*1-24-23-27(10-9-25-11-17-28(18-12-25)35(2,3)4)15-21-32(24)38-33(22-16-26-13-19-29(36)20-14-26)37-31-8-6-5-7-30(31)34(38)39/h8-11,14-24H,1-7H3;2*5-8,11-23H,1-4H3/b21-17+;2*22-16+. The number of halogens is 2. The molecule has 122 heavy (non-hydrogen) atoms. The van der Waals surface area contributed by atoms with Crippen LogP contribution in [0.25, 0.3) is 86.2 Å². The van der Waals surface area contributed by atoms with E-state index in [1.165, 1.54) is 28.8 Å². The lowest BCUT2D eigenvalue weighted by Gasteiger charge is -2.18. The van der Waals surface area contributed by atoms with E-state index >= 15 is 0 Å². The Morgan fingerprint density at radius 1 is 0.328 bits per heavy atom. The number of hydrogen-bond donors (Lipinski definition) is 0. The first-order valence-electron chi connectivity index (χ1n) is 40.1. The van der Waals surface area contributed by atoms with Crippen molar-refractivity contribution < 1.29 is 18.6 Å². The van der Waals surface area contributed by atoms with Gasteiger partial charge in [0, 0.05) is 38.4 Å². The molecule has 0 aliphatic rings. The van der Waals surface area contributed by atoms with Gasteiger partial charge in [-0.1, -0.05) is 225 Å². The van der Waals surface area contributed by atoms with Crippen LogP contribution in [0.15, 0.2) is 275 Å². The van der Waals surface area contributed by atoms with Crippen molar-refractivity contribution in [3.63, 3.8) is 0 Å². The monoisotopic (exact) mass is 1620 g/mol. The van der Waals surface area contributed by atoms with Crippen LogP contribution in [0.2, 0.25) is 5.02 Å². The molecule has 12 nitrogen and oxygen atoms in total. The quantitative estimate of drug-likeness (QED) is 0.110. The topological polar surface area (TPSA) is 132 Å². The van der Waals surface area contributed by atoms with Crippen molar-refractivity contribution in [1.29, 1.82) is 0 Å². The van der Waals surface area contributed by atoms with E-state index in [2.05, 4.69) is 171 Å². The molecule has 0 spiro atoms. The van der Waals surface area contributed by atoms with Crippen molar-refractivity contribution in [3.05, 3.63) is 404 Å². The number of aromatic nitrogens is 6. The Labute approximate surface area is 717 Å². The molecule has 0 amide bonds. The van der Waals surface area contributed by atoms with E-state index in [1.807, 2.05) is 203 Å². The molecule has 0 unspecified atom stereocenters. The number of rotatable bonds is 12. The summed E-state index contributed by atoms with van der Waals surface area (Å²) in [5.41, 5.74) is 18.6. The highest BCUT2D eigenvalue weighted by Crippen LogP contribution is 2.39. The van der Waals surface area contributed by atoms with E-state index in [-0.39, 0.29) is 38.7 Å². The number of ether oxygens (including phenoxy) is 3. The van der Waals surface area contributed by atoms with Gasteiger partial charge in [0.2, 0.25) is 5.75 Å². The number of aryl methyl sites for hydroxylation is 3. The minimum atomic E-state index is -0.298. The molecular formula is C108H94ClFN6O6. The van der Waals surface area contributed by atoms with E-state index in [0.717, 1.165) is 83.8 Å². The summed E-state index contributed by atoms with van der Waals surface area (Å²) in [6.45, 7) is 25.7. The smallest absolute Gasteiger partial charge is 0.266 e. The van der Waals surface area contributed by atoms with Gasteiger partial charge in [-0.3, -0.25) is 28.1 Å². The summed E-state index contributed by atoms with van der Waals surface area (Å²) in [7, 11) is 4.72. The summed E-state index contributed by atoms with van der Waals surface area (Å²) in [4.78, 5) is 55.7. The minimum Gasteiger partial charge on any atom is -0.493 e. The molecule has 0 atom stereocenters. The lowest BCUT2D eigenvalue weighted by molar-refractivity contribution is 0.324. The fraction of sp³-hybridized carbons (Fsp3) is 0.167. The lowest BCUT2D eigenvalue weighted by Crippen LogP contribution is -2.23. The average molecular weight is 1630 g/mol. The van der Waals surface area contributed by atoms with Crippen molar-refractivity contribution >= 4 is 80.8 Å². The molecule has 0 saturated heterocycles. The first kappa shape index (κ1) is 85.5. The van der Waals surface area contributed by atoms with E-state index in [1.54, 1.807) is 65.4 Å². The Kier molecular flexibility index (Phi) is 26.1. The van der Waals surface area contributed by atoms with Crippen molar-refractivity contribution in [2.45, 2.75) is 99.3 Å². The molecule has 0 N–H and O–H groups in total. The third-order valence-corrected chi connectivity index (χ3v) is 21.0. The van der Waals surface area contributed by atoms with E-state index < -0.39 is 0 Å². The third-order valence-electron chi connectivity index (χ3n) is 20.7. The summed E-state index contributed by atoms with van der Waals surface area (Å²) >= 11 is 6.04. The molecular weight excluding hydrogens is 1530 g/mol. The van der Waals surface area contributed by atoms with Crippen LogP contribution in [0.3, 0.4) is 0 Å². The van der Waals surface area contributed by atoms with Gasteiger partial charge in [0.1, 0.15) is 23.3 Å². The predicted octanol–water partition coefficient (Wildman–Crippen LogP) is 23.5. The molecule has 15 rings (SSSR count). The summed E-state index contributed by atoms with van der Waals surface area (Å²) in [5.74, 6) is 22.4. The molecule has 0 saturated carbocycles. The number of benzene rings is 12. The molecule has 3 heterocycles. The maximum Gasteiger partial charge on any atom is 0.266 e. The maximum atomic E-state index is 13.9. The number of nitrogens with zero attached hydrogens (tertiary/aromatic N) is 6. The van der Waals surface area contributed by atoms with Crippen LogP contribution in [0.5, 0.6) is 17.2 Å².